The molecule has 0 saturated carbocycles. The summed E-state index contributed by atoms with van der Waals surface area (Å²) in [7, 11) is 0. The summed E-state index contributed by atoms with van der Waals surface area (Å²) in [6.07, 6.45) is 3.50. The van der Waals surface area contributed by atoms with Crippen LogP contribution in [0.3, 0.4) is 0 Å². The maximum atomic E-state index is 12.5. The predicted molar refractivity (Wildman–Crippen MR) is 97.4 cm³/mol. The molecule has 1 aromatic heterocycles. The van der Waals surface area contributed by atoms with Crippen molar-refractivity contribution >= 4 is 25.3 Å². The van der Waals surface area contributed by atoms with Crippen molar-refractivity contribution in [2.75, 3.05) is 0 Å². The average molecular weight is 381 g/mol. The van der Waals surface area contributed by atoms with Gasteiger partial charge < -0.3 is 0 Å². The zero-order valence-electron chi connectivity index (χ0n) is 13.2. The molecule has 3 nitrogen and oxygen atoms in total. The predicted octanol–water partition coefficient (Wildman–Crippen LogP) is 2.54. The van der Waals surface area contributed by atoms with Crippen molar-refractivity contribution in [3.05, 3.63) is 95.8 Å². The zero-order valence-corrected chi connectivity index (χ0v) is 14.9. The number of benzene rings is 2. The van der Waals surface area contributed by atoms with Gasteiger partial charge in [0.25, 0.3) is 0 Å². The van der Waals surface area contributed by atoms with E-state index in [2.05, 4.69) is 40.6 Å². The summed E-state index contributed by atoms with van der Waals surface area (Å²) in [6, 6.07) is 22.1. The van der Waals surface area contributed by atoms with Crippen molar-refractivity contribution in [3.8, 4) is 0 Å². The fraction of sp³-hybridized carbons (Fsp3) is 0.100. The first-order valence-corrected chi connectivity index (χ1v) is 9.82. The summed E-state index contributed by atoms with van der Waals surface area (Å²) in [4.78, 5) is 16.6. The first-order chi connectivity index (χ1) is 11.8. The van der Waals surface area contributed by atoms with Crippen LogP contribution >= 0.6 is 0 Å². The quantitative estimate of drug-likeness (QED) is 0.667. The van der Waals surface area contributed by atoms with E-state index in [-0.39, 0.29) is 20.9 Å². The maximum absolute atomic E-state index is 12.5. The van der Waals surface area contributed by atoms with Crippen LogP contribution < -0.4 is 9.78 Å². The number of amides is 1. The third kappa shape index (κ3) is 4.54. The van der Waals surface area contributed by atoms with Crippen molar-refractivity contribution in [2.24, 2.45) is 0 Å². The number of pyridine rings is 1. The van der Waals surface area contributed by atoms with E-state index in [9.17, 15) is 4.79 Å². The molecule has 2 aromatic carbocycles. The summed E-state index contributed by atoms with van der Waals surface area (Å²) in [5, 5.41) is 3.97. The summed E-state index contributed by atoms with van der Waals surface area (Å²) in [5.41, 5.74) is 3.08. The minimum absolute atomic E-state index is 0.0237. The van der Waals surface area contributed by atoms with Gasteiger partial charge in [0.15, 0.2) is 0 Å². The molecule has 1 N–H and O–H groups in total. The van der Waals surface area contributed by atoms with E-state index in [1.165, 1.54) is 5.56 Å². The topological polar surface area (TPSA) is 42.0 Å². The Morgan fingerprint density at radius 1 is 0.917 bits per heavy atom. The molecule has 1 heterocycles. The molecule has 0 aliphatic rings. The molecule has 1 amide bonds. The zero-order chi connectivity index (χ0) is 16.6. The Kier molecular flexibility index (Phi) is 5.78. The third-order valence-corrected chi connectivity index (χ3v) is 5.95. The second kappa shape index (κ2) is 8.44. The fourth-order valence-corrected chi connectivity index (χ4v) is 4.41. The second-order valence-corrected chi connectivity index (χ2v) is 7.45. The van der Waals surface area contributed by atoms with Gasteiger partial charge >= 0.3 is 148 Å². The Morgan fingerprint density at radius 2 is 1.67 bits per heavy atom. The second-order valence-electron chi connectivity index (χ2n) is 5.31. The third-order valence-electron chi connectivity index (χ3n) is 3.54. The molecule has 0 saturated heterocycles. The van der Waals surface area contributed by atoms with Crippen LogP contribution in [0, 0.1) is 0 Å². The van der Waals surface area contributed by atoms with Crippen molar-refractivity contribution < 1.29 is 4.79 Å². The number of rotatable bonds is 6. The van der Waals surface area contributed by atoms with E-state index in [1.807, 2.05) is 36.4 Å². The van der Waals surface area contributed by atoms with E-state index < -0.39 is 0 Å². The SMILES string of the molecule is O=C(NCc1cccnc1)c1ccccc1[Se]Cc1ccccc1. The molecule has 0 spiro atoms. The van der Waals surface area contributed by atoms with Crippen LogP contribution in [0.5, 0.6) is 0 Å². The Bertz CT molecular complexity index is 791. The molecule has 0 bridgehead atoms. The van der Waals surface area contributed by atoms with Gasteiger partial charge in [0.05, 0.1) is 0 Å². The van der Waals surface area contributed by atoms with Crippen LogP contribution in [-0.2, 0) is 11.9 Å². The van der Waals surface area contributed by atoms with Crippen LogP contribution in [-0.4, -0.2) is 25.8 Å². The number of carbonyl (C=O) groups is 1. The standard InChI is InChI=1S/C20H18N2OSe/c23-20(22-14-17-9-6-12-21-13-17)18-10-4-5-11-19(18)24-15-16-7-2-1-3-8-16/h1-13H,14-15H2,(H,22,23). The molecule has 3 aromatic rings. The number of hydrogen-bond acceptors (Lipinski definition) is 2. The summed E-state index contributed by atoms with van der Waals surface area (Å²) < 4.78 is 1.14. The Hall–Kier alpha value is -2.42. The molecule has 0 aliphatic heterocycles. The van der Waals surface area contributed by atoms with Crippen molar-refractivity contribution in [2.45, 2.75) is 11.9 Å². The van der Waals surface area contributed by atoms with Crippen LogP contribution in [0.2, 0.25) is 0 Å². The monoisotopic (exact) mass is 382 g/mol. The van der Waals surface area contributed by atoms with Gasteiger partial charge in [0.1, 0.15) is 0 Å². The number of aromatic nitrogens is 1. The Labute approximate surface area is 148 Å². The first kappa shape index (κ1) is 16.4. The molecule has 4 heteroatoms. The molecule has 0 radical (unpaired) electrons. The van der Waals surface area contributed by atoms with Gasteiger partial charge in [-0.1, -0.05) is 0 Å². The molecule has 0 fully saturated rings. The van der Waals surface area contributed by atoms with Gasteiger partial charge in [-0.15, -0.1) is 0 Å². The van der Waals surface area contributed by atoms with Crippen molar-refractivity contribution in [1.82, 2.24) is 10.3 Å². The molecule has 3 rings (SSSR count). The summed E-state index contributed by atoms with van der Waals surface area (Å²) in [6.45, 7) is 0.493. The van der Waals surface area contributed by atoms with Gasteiger partial charge in [-0.05, 0) is 0 Å². The average Bonchev–Trinajstić information content (AvgIpc) is 2.66. The van der Waals surface area contributed by atoms with E-state index in [1.54, 1.807) is 12.4 Å². The van der Waals surface area contributed by atoms with E-state index >= 15 is 0 Å². The first-order valence-electron chi connectivity index (χ1n) is 7.76. The van der Waals surface area contributed by atoms with Crippen LogP contribution in [0.25, 0.3) is 0 Å². The normalized spacial score (nSPS) is 10.3. The number of nitrogens with zero attached hydrogens (tertiary/aromatic N) is 1. The van der Waals surface area contributed by atoms with Gasteiger partial charge in [-0.3, -0.25) is 0 Å². The van der Waals surface area contributed by atoms with Gasteiger partial charge in [0.2, 0.25) is 0 Å². The van der Waals surface area contributed by atoms with Crippen molar-refractivity contribution in [1.29, 1.82) is 0 Å². The van der Waals surface area contributed by atoms with Gasteiger partial charge in [0, 0.05) is 0 Å². The van der Waals surface area contributed by atoms with Crippen LogP contribution in [0.1, 0.15) is 21.5 Å². The van der Waals surface area contributed by atoms with E-state index in [4.69, 9.17) is 0 Å². The molecule has 0 atom stereocenters. The van der Waals surface area contributed by atoms with E-state index in [0.717, 1.165) is 20.9 Å². The minimum atomic E-state index is -0.0237. The molecular weight excluding hydrogens is 363 g/mol. The Balaban J connectivity index is 1.65. The summed E-state index contributed by atoms with van der Waals surface area (Å²) in [5.74, 6) is -0.0237. The van der Waals surface area contributed by atoms with Gasteiger partial charge in [-0.25, -0.2) is 0 Å². The van der Waals surface area contributed by atoms with E-state index in [0.29, 0.717) is 6.54 Å². The molecule has 0 unspecified atom stereocenters. The van der Waals surface area contributed by atoms with Gasteiger partial charge in [-0.2, -0.15) is 0 Å². The van der Waals surface area contributed by atoms with Crippen molar-refractivity contribution in [3.63, 3.8) is 0 Å². The Morgan fingerprint density at radius 3 is 2.46 bits per heavy atom. The molecule has 0 aliphatic carbocycles. The summed E-state index contributed by atoms with van der Waals surface area (Å²) >= 11 is 0.226. The molecular formula is C20H18N2OSe. The molecule has 120 valence electrons. The number of hydrogen-bond donors (Lipinski definition) is 1. The van der Waals surface area contributed by atoms with Crippen LogP contribution in [0.4, 0.5) is 0 Å². The fourth-order valence-electron chi connectivity index (χ4n) is 2.30. The number of nitrogens with one attached hydrogen (secondary N) is 1. The number of carbonyl (C=O) groups excluding carboxylic acids is 1. The molecule has 24 heavy (non-hydrogen) atoms. The van der Waals surface area contributed by atoms with Crippen LogP contribution in [0.15, 0.2) is 79.1 Å².